The number of oxazole rings is 1. The molecule has 1 unspecified atom stereocenters. The molecule has 1 aliphatic heterocycles. The molecule has 1 aliphatic rings. The second-order valence-electron chi connectivity index (χ2n) is 5.09. The number of H-pyrrole nitrogens is 1. The molecule has 3 rings (SSSR count). The molecule has 0 radical (unpaired) electrons. The van der Waals surface area contributed by atoms with Gasteiger partial charge in [0, 0.05) is 12.6 Å². The summed E-state index contributed by atoms with van der Waals surface area (Å²) in [7, 11) is 0. The van der Waals surface area contributed by atoms with E-state index in [9.17, 15) is 4.79 Å². The van der Waals surface area contributed by atoms with Crippen molar-refractivity contribution in [3.05, 3.63) is 34.3 Å². The minimum atomic E-state index is -0.391. The van der Waals surface area contributed by atoms with Crippen LogP contribution in [-0.2, 0) is 6.42 Å². The van der Waals surface area contributed by atoms with E-state index in [0.717, 1.165) is 31.6 Å². The van der Waals surface area contributed by atoms with Crippen molar-refractivity contribution in [3.8, 4) is 0 Å². The molecule has 2 aromatic rings. The van der Waals surface area contributed by atoms with Gasteiger partial charge in [0.25, 0.3) is 0 Å². The summed E-state index contributed by atoms with van der Waals surface area (Å²) in [6, 6.07) is 6.49. The van der Waals surface area contributed by atoms with E-state index in [0.29, 0.717) is 11.6 Å². The molecule has 0 aliphatic carbocycles. The molecular formula is C14H19N3O2. The normalized spacial score (nSPS) is 19.3. The second kappa shape index (κ2) is 5.59. The summed E-state index contributed by atoms with van der Waals surface area (Å²) in [5.41, 5.74) is 2.58. The molecule has 102 valence electrons. The van der Waals surface area contributed by atoms with Gasteiger partial charge in [-0.1, -0.05) is 6.07 Å². The second-order valence-corrected chi connectivity index (χ2v) is 5.09. The van der Waals surface area contributed by atoms with E-state index in [1.165, 1.54) is 18.4 Å². The Labute approximate surface area is 111 Å². The van der Waals surface area contributed by atoms with Gasteiger partial charge in [0.15, 0.2) is 5.58 Å². The molecule has 0 spiro atoms. The highest BCUT2D eigenvalue weighted by molar-refractivity contribution is 5.72. The van der Waals surface area contributed by atoms with Gasteiger partial charge in [0.1, 0.15) is 0 Å². The van der Waals surface area contributed by atoms with Crippen molar-refractivity contribution >= 4 is 11.1 Å². The van der Waals surface area contributed by atoms with Crippen LogP contribution in [0, 0.1) is 0 Å². The zero-order chi connectivity index (χ0) is 13.1. The lowest BCUT2D eigenvalue weighted by atomic mass is 10.1. The first-order valence-electron chi connectivity index (χ1n) is 6.87. The predicted molar refractivity (Wildman–Crippen MR) is 74.4 cm³/mol. The molecule has 1 aromatic heterocycles. The number of aromatic amines is 1. The first kappa shape index (κ1) is 12.4. The third-order valence-electron chi connectivity index (χ3n) is 3.63. The van der Waals surface area contributed by atoms with E-state index < -0.39 is 5.76 Å². The summed E-state index contributed by atoms with van der Waals surface area (Å²) in [4.78, 5) is 13.7. The van der Waals surface area contributed by atoms with Gasteiger partial charge in [0.2, 0.25) is 0 Å². The van der Waals surface area contributed by atoms with Gasteiger partial charge in [-0.2, -0.15) is 0 Å². The highest BCUT2D eigenvalue weighted by atomic mass is 16.4. The van der Waals surface area contributed by atoms with Crippen LogP contribution in [-0.4, -0.2) is 30.7 Å². The van der Waals surface area contributed by atoms with Crippen molar-refractivity contribution in [1.82, 2.24) is 15.6 Å². The molecule has 0 amide bonds. The molecule has 5 nitrogen and oxygen atoms in total. The monoisotopic (exact) mass is 261 g/mol. The van der Waals surface area contributed by atoms with E-state index >= 15 is 0 Å². The van der Waals surface area contributed by atoms with Crippen LogP contribution in [0.25, 0.3) is 11.1 Å². The number of benzene rings is 1. The zero-order valence-electron chi connectivity index (χ0n) is 10.9. The van der Waals surface area contributed by atoms with Crippen LogP contribution in [0.15, 0.2) is 27.4 Å². The lowest BCUT2D eigenvalue weighted by molar-refractivity contribution is 0.537. The maximum atomic E-state index is 11.1. The average molecular weight is 261 g/mol. The fourth-order valence-corrected chi connectivity index (χ4v) is 2.59. The van der Waals surface area contributed by atoms with Crippen LogP contribution in [0.1, 0.15) is 18.4 Å². The predicted octanol–water partition coefficient (Wildman–Crippen LogP) is 1.01. The van der Waals surface area contributed by atoms with Crippen molar-refractivity contribution in [2.24, 2.45) is 0 Å². The van der Waals surface area contributed by atoms with Crippen molar-refractivity contribution in [2.45, 2.75) is 25.3 Å². The van der Waals surface area contributed by atoms with Gasteiger partial charge in [-0.05, 0) is 50.0 Å². The number of hydrogen-bond acceptors (Lipinski definition) is 4. The van der Waals surface area contributed by atoms with Crippen LogP contribution >= 0.6 is 0 Å². The van der Waals surface area contributed by atoms with Crippen LogP contribution in [0.5, 0.6) is 0 Å². The maximum absolute atomic E-state index is 11.1. The number of nitrogens with one attached hydrogen (secondary N) is 3. The van der Waals surface area contributed by atoms with Crippen molar-refractivity contribution < 1.29 is 4.42 Å². The fourth-order valence-electron chi connectivity index (χ4n) is 2.59. The Hall–Kier alpha value is -1.59. The third-order valence-corrected chi connectivity index (χ3v) is 3.63. The minimum absolute atomic E-state index is 0.391. The minimum Gasteiger partial charge on any atom is -0.408 e. The van der Waals surface area contributed by atoms with Crippen molar-refractivity contribution in [1.29, 1.82) is 0 Å². The maximum Gasteiger partial charge on any atom is 0.417 e. The van der Waals surface area contributed by atoms with Crippen LogP contribution in [0.3, 0.4) is 0 Å². The van der Waals surface area contributed by atoms with Crippen molar-refractivity contribution in [3.63, 3.8) is 0 Å². The Bertz CT molecular complexity index is 596. The van der Waals surface area contributed by atoms with Crippen molar-refractivity contribution in [2.75, 3.05) is 19.6 Å². The van der Waals surface area contributed by atoms with Crippen LogP contribution in [0.2, 0.25) is 0 Å². The van der Waals surface area contributed by atoms with Gasteiger partial charge in [-0.15, -0.1) is 0 Å². The number of aromatic nitrogens is 1. The lowest BCUT2D eigenvalue weighted by Crippen LogP contribution is -2.34. The Kier molecular flexibility index (Phi) is 3.66. The molecule has 0 saturated carbocycles. The number of hydrogen-bond donors (Lipinski definition) is 3. The smallest absolute Gasteiger partial charge is 0.408 e. The highest BCUT2D eigenvalue weighted by Gasteiger charge is 2.12. The van der Waals surface area contributed by atoms with Gasteiger partial charge < -0.3 is 15.1 Å². The molecule has 19 heavy (non-hydrogen) atoms. The third kappa shape index (κ3) is 3.05. The number of rotatable bonds is 5. The molecule has 0 bridgehead atoms. The summed E-state index contributed by atoms with van der Waals surface area (Å²) in [6.07, 6.45) is 3.50. The summed E-state index contributed by atoms with van der Waals surface area (Å²) in [5, 5.41) is 6.93. The molecule has 3 N–H and O–H groups in total. The Balaban J connectivity index is 1.51. The Morgan fingerprint density at radius 1 is 1.42 bits per heavy atom. The highest BCUT2D eigenvalue weighted by Crippen LogP contribution is 2.12. The van der Waals surface area contributed by atoms with E-state index in [4.69, 9.17) is 4.42 Å². The molecule has 5 heteroatoms. The zero-order valence-corrected chi connectivity index (χ0v) is 10.9. The van der Waals surface area contributed by atoms with E-state index in [-0.39, 0.29) is 0 Å². The molecule has 1 atom stereocenters. The molecule has 1 aromatic carbocycles. The van der Waals surface area contributed by atoms with Crippen LogP contribution in [0.4, 0.5) is 0 Å². The molecule has 1 fully saturated rings. The standard InChI is InChI=1S/C14H19N3O2/c18-14-17-12-4-3-10(8-13(12)19-14)5-7-15-9-11-2-1-6-16-11/h3-4,8,11,15-16H,1-2,5-7,9H2,(H,17,18). The first-order chi connectivity index (χ1) is 9.31. The van der Waals surface area contributed by atoms with Gasteiger partial charge in [0.05, 0.1) is 5.52 Å². The summed E-state index contributed by atoms with van der Waals surface area (Å²) in [5.74, 6) is -0.391. The summed E-state index contributed by atoms with van der Waals surface area (Å²) >= 11 is 0. The Morgan fingerprint density at radius 3 is 3.21 bits per heavy atom. The quantitative estimate of drug-likeness (QED) is 0.702. The number of fused-ring (bicyclic) bond motifs is 1. The molecular weight excluding hydrogens is 242 g/mol. The lowest BCUT2D eigenvalue weighted by Gasteiger charge is -2.11. The molecule has 1 saturated heterocycles. The molecule has 2 heterocycles. The van der Waals surface area contributed by atoms with E-state index in [1.807, 2.05) is 18.2 Å². The fraction of sp³-hybridized carbons (Fsp3) is 0.500. The van der Waals surface area contributed by atoms with E-state index in [1.54, 1.807) is 0 Å². The first-order valence-corrected chi connectivity index (χ1v) is 6.87. The largest absolute Gasteiger partial charge is 0.417 e. The summed E-state index contributed by atoms with van der Waals surface area (Å²) < 4.78 is 5.05. The van der Waals surface area contributed by atoms with Gasteiger partial charge in [-0.3, -0.25) is 4.98 Å². The van der Waals surface area contributed by atoms with Gasteiger partial charge in [-0.25, -0.2) is 4.79 Å². The van der Waals surface area contributed by atoms with E-state index in [2.05, 4.69) is 15.6 Å². The summed E-state index contributed by atoms with van der Waals surface area (Å²) in [6.45, 7) is 3.12. The van der Waals surface area contributed by atoms with Gasteiger partial charge >= 0.3 is 5.76 Å². The average Bonchev–Trinajstić information content (AvgIpc) is 3.02. The van der Waals surface area contributed by atoms with Crippen LogP contribution < -0.4 is 16.4 Å². The Morgan fingerprint density at radius 2 is 2.37 bits per heavy atom. The topological polar surface area (TPSA) is 70.1 Å². The SMILES string of the molecule is O=c1[nH]c2ccc(CCNCC3CCCN3)cc2o1.